The summed E-state index contributed by atoms with van der Waals surface area (Å²) in [5.41, 5.74) is 3.51. The van der Waals surface area contributed by atoms with Gasteiger partial charge in [-0.25, -0.2) is 0 Å². The lowest BCUT2D eigenvalue weighted by molar-refractivity contribution is -0.124. The number of carbonyl (C=O) groups is 2. The molecule has 2 heterocycles. The predicted molar refractivity (Wildman–Crippen MR) is 109 cm³/mol. The average Bonchev–Trinajstić information content (AvgIpc) is 3.68. The van der Waals surface area contributed by atoms with Gasteiger partial charge in [0.25, 0.3) is 5.91 Å². The largest absolute Gasteiger partial charge is 0.373 e. The van der Waals surface area contributed by atoms with Crippen molar-refractivity contribution in [3.8, 4) is 0 Å². The summed E-state index contributed by atoms with van der Waals surface area (Å²) in [7, 11) is 0. The van der Waals surface area contributed by atoms with Crippen molar-refractivity contribution in [3.05, 3.63) is 35.5 Å². The van der Waals surface area contributed by atoms with Crippen LogP contribution in [0.2, 0.25) is 0 Å². The van der Waals surface area contributed by atoms with E-state index in [4.69, 9.17) is 4.74 Å². The van der Waals surface area contributed by atoms with E-state index in [2.05, 4.69) is 22.4 Å². The van der Waals surface area contributed by atoms with Gasteiger partial charge in [-0.2, -0.15) is 0 Å². The minimum atomic E-state index is -0.146. The lowest BCUT2D eigenvalue weighted by Gasteiger charge is -2.32. The van der Waals surface area contributed by atoms with E-state index in [1.807, 2.05) is 24.0 Å². The zero-order valence-electron chi connectivity index (χ0n) is 16.8. The highest BCUT2D eigenvalue weighted by molar-refractivity contribution is 5.98. The van der Waals surface area contributed by atoms with Gasteiger partial charge in [0.05, 0.1) is 18.6 Å². The van der Waals surface area contributed by atoms with Gasteiger partial charge in [-0.15, -0.1) is 0 Å². The first-order valence-electron chi connectivity index (χ1n) is 10.8. The first-order chi connectivity index (χ1) is 14.0. The lowest BCUT2D eigenvalue weighted by atomic mass is 10.2. The number of rotatable bonds is 4. The molecule has 2 N–H and O–H groups in total. The van der Waals surface area contributed by atoms with Crippen LogP contribution in [0.15, 0.2) is 24.3 Å². The van der Waals surface area contributed by atoms with Crippen molar-refractivity contribution in [2.45, 2.75) is 38.7 Å². The van der Waals surface area contributed by atoms with Crippen molar-refractivity contribution in [2.75, 3.05) is 26.2 Å². The van der Waals surface area contributed by atoms with E-state index in [9.17, 15) is 9.59 Å². The van der Waals surface area contributed by atoms with Crippen molar-refractivity contribution in [1.29, 1.82) is 0 Å². The van der Waals surface area contributed by atoms with Gasteiger partial charge in [0.1, 0.15) is 5.69 Å². The van der Waals surface area contributed by atoms with Crippen LogP contribution < -0.4 is 5.32 Å². The number of H-pyrrole nitrogens is 1. The molecule has 0 bridgehead atoms. The number of amides is 2. The third kappa shape index (κ3) is 2.58. The van der Waals surface area contributed by atoms with E-state index in [1.54, 1.807) is 0 Å². The Labute approximate surface area is 170 Å². The standard InChI is InChI=1S/C23H27N3O3/c1-14-2-3-15-11-18(25-17(15)10-14)21(28)26-8-9-29-16(13-26)12-24-20(27)19-22(4-5-22)23(19)6-7-23/h2-3,10-11,16,19,25H,4-9,12-13H2,1H3,(H,24,27). The number of hydrogen-bond acceptors (Lipinski definition) is 3. The van der Waals surface area contributed by atoms with Crippen LogP contribution in [0.1, 0.15) is 41.7 Å². The summed E-state index contributed by atoms with van der Waals surface area (Å²) in [4.78, 5) is 30.8. The molecule has 2 amide bonds. The molecule has 6 nitrogen and oxygen atoms in total. The summed E-state index contributed by atoms with van der Waals surface area (Å²) in [5.74, 6) is 0.443. The molecular weight excluding hydrogens is 366 g/mol. The number of nitrogens with one attached hydrogen (secondary N) is 2. The number of fused-ring (bicyclic) bond motifs is 2. The van der Waals surface area contributed by atoms with Gasteiger partial charge < -0.3 is 19.9 Å². The number of carbonyl (C=O) groups excluding carboxylic acids is 2. The van der Waals surface area contributed by atoms with Crippen LogP contribution in [0.3, 0.4) is 0 Å². The molecule has 1 atom stereocenters. The number of benzene rings is 1. The highest BCUT2D eigenvalue weighted by Crippen LogP contribution is 2.92. The van der Waals surface area contributed by atoms with E-state index >= 15 is 0 Å². The van der Waals surface area contributed by atoms with Crippen molar-refractivity contribution in [2.24, 2.45) is 16.7 Å². The summed E-state index contributed by atoms with van der Waals surface area (Å²) < 4.78 is 5.84. The van der Waals surface area contributed by atoms with Gasteiger partial charge in [-0.05, 0) is 61.1 Å². The van der Waals surface area contributed by atoms with Gasteiger partial charge in [0.2, 0.25) is 5.91 Å². The number of morpholine rings is 1. The minimum Gasteiger partial charge on any atom is -0.373 e. The molecule has 1 aromatic heterocycles. The minimum absolute atomic E-state index is 0.00506. The topological polar surface area (TPSA) is 74.4 Å². The molecule has 3 saturated carbocycles. The van der Waals surface area contributed by atoms with Crippen LogP contribution in [-0.4, -0.2) is 54.0 Å². The number of ether oxygens (including phenoxy) is 1. The quantitative estimate of drug-likeness (QED) is 0.839. The molecular formula is C23H27N3O3. The van der Waals surface area contributed by atoms with Crippen molar-refractivity contribution >= 4 is 22.7 Å². The monoisotopic (exact) mass is 393 g/mol. The summed E-state index contributed by atoms with van der Waals surface area (Å²) >= 11 is 0. The van der Waals surface area contributed by atoms with Crippen molar-refractivity contribution in [3.63, 3.8) is 0 Å². The molecule has 3 aliphatic carbocycles. The normalized spacial score (nSPS) is 26.1. The predicted octanol–water partition coefficient (Wildman–Crippen LogP) is 2.62. The second-order valence-electron chi connectivity index (χ2n) is 9.51. The molecule has 6 rings (SSSR count). The molecule has 2 spiro atoms. The highest BCUT2D eigenvalue weighted by Gasteiger charge is 2.88. The van der Waals surface area contributed by atoms with Crippen LogP contribution in [-0.2, 0) is 9.53 Å². The molecule has 6 heteroatoms. The third-order valence-electron chi connectivity index (χ3n) is 7.79. The Morgan fingerprint density at radius 3 is 2.69 bits per heavy atom. The van der Waals surface area contributed by atoms with Crippen molar-refractivity contribution in [1.82, 2.24) is 15.2 Å². The second-order valence-corrected chi connectivity index (χ2v) is 9.51. The zero-order chi connectivity index (χ0) is 19.8. The van der Waals surface area contributed by atoms with Gasteiger partial charge in [0.15, 0.2) is 0 Å². The maximum Gasteiger partial charge on any atom is 0.270 e. The molecule has 1 unspecified atom stereocenters. The number of hydrogen-bond donors (Lipinski definition) is 2. The van der Waals surface area contributed by atoms with E-state index in [1.165, 1.54) is 25.7 Å². The van der Waals surface area contributed by atoms with Gasteiger partial charge in [-0.3, -0.25) is 9.59 Å². The van der Waals surface area contributed by atoms with E-state index in [0.29, 0.717) is 42.8 Å². The third-order valence-corrected chi connectivity index (χ3v) is 7.79. The van der Waals surface area contributed by atoms with Crippen LogP contribution in [0, 0.1) is 23.7 Å². The molecule has 4 fully saturated rings. The molecule has 1 aliphatic heterocycles. The molecule has 4 aliphatic rings. The number of aromatic amines is 1. The Kier molecular flexibility index (Phi) is 3.53. The molecule has 1 aromatic carbocycles. The first kappa shape index (κ1) is 17.5. The zero-order valence-corrected chi connectivity index (χ0v) is 16.8. The summed E-state index contributed by atoms with van der Waals surface area (Å²) in [6, 6.07) is 8.06. The smallest absolute Gasteiger partial charge is 0.270 e. The number of aromatic nitrogens is 1. The molecule has 152 valence electrons. The van der Waals surface area contributed by atoms with Crippen LogP contribution in [0.5, 0.6) is 0 Å². The Hall–Kier alpha value is -2.34. The Morgan fingerprint density at radius 2 is 1.97 bits per heavy atom. The maximum atomic E-state index is 13.0. The van der Waals surface area contributed by atoms with E-state index in [0.717, 1.165) is 16.5 Å². The Balaban J connectivity index is 1.08. The van der Waals surface area contributed by atoms with Gasteiger partial charge in [0, 0.05) is 30.5 Å². The molecule has 29 heavy (non-hydrogen) atoms. The Morgan fingerprint density at radius 1 is 1.21 bits per heavy atom. The summed E-state index contributed by atoms with van der Waals surface area (Å²) in [6.45, 7) is 4.11. The van der Waals surface area contributed by atoms with Gasteiger partial charge >= 0.3 is 0 Å². The second kappa shape index (κ2) is 5.85. The van der Waals surface area contributed by atoms with E-state index < -0.39 is 0 Å². The summed E-state index contributed by atoms with van der Waals surface area (Å²) in [5, 5.41) is 4.17. The van der Waals surface area contributed by atoms with Crippen LogP contribution >= 0.6 is 0 Å². The Bertz CT molecular complexity index is 1000. The fourth-order valence-corrected chi connectivity index (χ4v) is 5.95. The van der Waals surface area contributed by atoms with Crippen LogP contribution in [0.25, 0.3) is 10.9 Å². The average molecular weight is 393 g/mol. The first-order valence-corrected chi connectivity index (χ1v) is 10.8. The maximum absolute atomic E-state index is 13.0. The van der Waals surface area contributed by atoms with Gasteiger partial charge in [-0.1, -0.05) is 12.1 Å². The number of nitrogens with zero attached hydrogens (tertiary/aromatic N) is 1. The fraction of sp³-hybridized carbons (Fsp3) is 0.565. The van der Waals surface area contributed by atoms with Crippen LogP contribution in [0.4, 0.5) is 0 Å². The molecule has 0 radical (unpaired) electrons. The highest BCUT2D eigenvalue weighted by atomic mass is 16.5. The number of aryl methyl sites for hydroxylation is 1. The SMILES string of the molecule is Cc1ccc2cc(C(=O)N3CCOC(CNC(=O)C4C5(CC5)C45CC5)C3)[nH]c2c1. The molecule has 2 aromatic rings. The van der Waals surface area contributed by atoms with Crippen molar-refractivity contribution < 1.29 is 14.3 Å². The lowest BCUT2D eigenvalue weighted by Crippen LogP contribution is -2.50. The molecule has 1 saturated heterocycles. The fourth-order valence-electron chi connectivity index (χ4n) is 5.95. The van der Waals surface area contributed by atoms with E-state index in [-0.39, 0.29) is 23.8 Å². The summed E-state index contributed by atoms with van der Waals surface area (Å²) in [6.07, 6.45) is 4.79.